The van der Waals surface area contributed by atoms with E-state index in [1.165, 1.54) is 0 Å². The maximum absolute atomic E-state index is 12.4. The molecule has 2 heterocycles. The minimum atomic E-state index is -0.288. The fourth-order valence-corrected chi connectivity index (χ4v) is 3.87. The number of carbonyl (C=O) groups is 2. The number of aryl methyl sites for hydroxylation is 1. The molecule has 2 N–H and O–H groups in total. The summed E-state index contributed by atoms with van der Waals surface area (Å²) in [5, 5.41) is 10.1. The maximum Gasteiger partial charge on any atom is 0.263 e. The molecule has 1 aliphatic heterocycles. The lowest BCUT2D eigenvalue weighted by atomic mass is 10.2. The van der Waals surface area contributed by atoms with E-state index >= 15 is 0 Å². The van der Waals surface area contributed by atoms with Crippen molar-refractivity contribution in [1.29, 1.82) is 0 Å². The molecule has 0 radical (unpaired) electrons. The number of carbonyl (C=O) groups excluding carboxylic acids is 2. The summed E-state index contributed by atoms with van der Waals surface area (Å²) in [6.45, 7) is 2.72. The van der Waals surface area contributed by atoms with Gasteiger partial charge in [-0.05, 0) is 18.6 Å². The molecular weight excluding hydrogens is 380 g/mol. The van der Waals surface area contributed by atoms with Crippen LogP contribution in [-0.4, -0.2) is 48.5 Å². The van der Waals surface area contributed by atoms with E-state index in [-0.39, 0.29) is 25.0 Å². The number of aromatic nitrogens is 2. The Morgan fingerprint density at radius 2 is 2.07 bits per heavy atom. The van der Waals surface area contributed by atoms with Crippen LogP contribution in [0.3, 0.4) is 0 Å². The van der Waals surface area contributed by atoms with Crippen molar-refractivity contribution in [3.05, 3.63) is 41.1 Å². The van der Waals surface area contributed by atoms with Crippen molar-refractivity contribution in [1.82, 2.24) is 15.1 Å². The van der Waals surface area contributed by atoms with Crippen LogP contribution in [0.15, 0.2) is 24.3 Å². The fourth-order valence-electron chi connectivity index (χ4n) is 2.83. The van der Waals surface area contributed by atoms with Crippen LogP contribution in [0.4, 0.5) is 5.82 Å². The molecule has 0 aliphatic carbocycles. The normalized spacial score (nSPS) is 12.5. The molecular formula is C19H24N4O4S. The van der Waals surface area contributed by atoms with E-state index in [0.29, 0.717) is 24.7 Å². The van der Waals surface area contributed by atoms with Crippen molar-refractivity contribution in [2.75, 3.05) is 32.2 Å². The minimum Gasteiger partial charge on any atom is -0.483 e. The van der Waals surface area contributed by atoms with Crippen molar-refractivity contribution in [3.63, 3.8) is 0 Å². The number of para-hydroxylation sites is 1. The van der Waals surface area contributed by atoms with Gasteiger partial charge in [0.25, 0.3) is 5.91 Å². The summed E-state index contributed by atoms with van der Waals surface area (Å²) in [6.07, 6.45) is 0. The highest BCUT2D eigenvalue weighted by molar-refractivity contribution is 7.98. The lowest BCUT2D eigenvalue weighted by Crippen LogP contribution is -2.31. The van der Waals surface area contributed by atoms with Crippen LogP contribution in [0.5, 0.6) is 5.75 Å². The van der Waals surface area contributed by atoms with Gasteiger partial charge in [-0.15, -0.1) is 0 Å². The highest BCUT2D eigenvalue weighted by Crippen LogP contribution is 2.34. The molecule has 0 saturated carbocycles. The maximum atomic E-state index is 12.4. The molecule has 0 atom stereocenters. The third-order valence-electron chi connectivity index (χ3n) is 4.25. The van der Waals surface area contributed by atoms with Gasteiger partial charge in [-0.2, -0.15) is 16.9 Å². The highest BCUT2D eigenvalue weighted by atomic mass is 32.2. The molecule has 0 spiro atoms. The monoisotopic (exact) mass is 404 g/mol. The zero-order valence-corrected chi connectivity index (χ0v) is 16.8. The van der Waals surface area contributed by atoms with Crippen molar-refractivity contribution in [3.8, 4) is 5.75 Å². The van der Waals surface area contributed by atoms with Gasteiger partial charge in [0.15, 0.2) is 6.61 Å². The Morgan fingerprint density at radius 3 is 2.86 bits per heavy atom. The Morgan fingerprint density at radius 1 is 1.25 bits per heavy atom. The van der Waals surface area contributed by atoms with E-state index in [4.69, 9.17) is 9.47 Å². The van der Waals surface area contributed by atoms with E-state index in [2.05, 4.69) is 15.7 Å². The quantitative estimate of drug-likeness (QED) is 0.618. The molecule has 28 heavy (non-hydrogen) atoms. The van der Waals surface area contributed by atoms with Gasteiger partial charge >= 0.3 is 0 Å². The zero-order valence-electron chi connectivity index (χ0n) is 16.0. The van der Waals surface area contributed by atoms with Crippen molar-refractivity contribution >= 4 is 29.4 Å². The molecule has 1 aromatic carbocycles. The standard InChI is InChI=1S/C19H24N4O4S/c1-13-5-3-4-6-16(13)27-10-18(25)21-19-14-11-28-12-15(14)22-23(19)9-17(24)20-7-8-26-2/h3-6H,7-12H2,1-2H3,(H,20,24)(H,21,25). The van der Waals surface area contributed by atoms with E-state index in [9.17, 15) is 9.59 Å². The van der Waals surface area contributed by atoms with E-state index < -0.39 is 0 Å². The average molecular weight is 404 g/mol. The van der Waals surface area contributed by atoms with E-state index in [1.807, 2.05) is 31.2 Å². The lowest BCUT2D eigenvalue weighted by molar-refractivity contribution is -0.122. The molecule has 0 saturated heterocycles. The van der Waals surface area contributed by atoms with Crippen molar-refractivity contribution < 1.29 is 19.1 Å². The minimum absolute atomic E-state index is 0.0373. The largest absolute Gasteiger partial charge is 0.483 e. The summed E-state index contributed by atoms with van der Waals surface area (Å²) in [7, 11) is 1.58. The first-order valence-corrected chi connectivity index (χ1v) is 10.1. The van der Waals surface area contributed by atoms with Crippen molar-refractivity contribution in [2.45, 2.75) is 25.0 Å². The summed E-state index contributed by atoms with van der Waals surface area (Å²) in [5.74, 6) is 2.30. The Kier molecular flexibility index (Phi) is 6.94. The van der Waals surface area contributed by atoms with Gasteiger partial charge in [-0.3, -0.25) is 9.59 Å². The molecule has 3 rings (SSSR count). The van der Waals surface area contributed by atoms with Crippen LogP contribution in [0, 0.1) is 6.92 Å². The number of nitrogens with one attached hydrogen (secondary N) is 2. The molecule has 150 valence electrons. The fraction of sp³-hybridized carbons (Fsp3) is 0.421. The number of methoxy groups -OCH3 is 1. The Labute approximate surface area is 168 Å². The highest BCUT2D eigenvalue weighted by Gasteiger charge is 2.25. The zero-order chi connectivity index (χ0) is 19.9. The molecule has 0 unspecified atom stereocenters. The molecule has 2 amide bonds. The van der Waals surface area contributed by atoms with Crippen LogP contribution in [-0.2, 0) is 32.4 Å². The van der Waals surface area contributed by atoms with E-state index in [1.54, 1.807) is 23.6 Å². The second kappa shape index (κ2) is 9.61. The predicted octanol–water partition coefficient (Wildman–Crippen LogP) is 1.72. The van der Waals surface area contributed by atoms with Crippen LogP contribution in [0.1, 0.15) is 16.8 Å². The number of benzene rings is 1. The van der Waals surface area contributed by atoms with Gasteiger partial charge in [0.2, 0.25) is 5.91 Å². The summed E-state index contributed by atoms with van der Waals surface area (Å²) >= 11 is 1.73. The second-order valence-electron chi connectivity index (χ2n) is 6.37. The number of ether oxygens (including phenoxy) is 2. The Bertz CT molecular complexity index is 852. The first-order valence-electron chi connectivity index (χ1n) is 8.98. The van der Waals surface area contributed by atoms with Crippen LogP contribution in [0.2, 0.25) is 0 Å². The molecule has 9 heteroatoms. The number of amides is 2. The Balaban J connectivity index is 1.64. The van der Waals surface area contributed by atoms with Gasteiger partial charge in [0.1, 0.15) is 18.1 Å². The molecule has 8 nitrogen and oxygen atoms in total. The number of hydrogen-bond donors (Lipinski definition) is 2. The number of nitrogens with zero attached hydrogens (tertiary/aromatic N) is 2. The summed E-state index contributed by atoms with van der Waals surface area (Å²) in [6, 6.07) is 7.53. The predicted molar refractivity (Wildman–Crippen MR) is 107 cm³/mol. The molecule has 2 aromatic rings. The van der Waals surface area contributed by atoms with Gasteiger partial charge < -0.3 is 20.1 Å². The SMILES string of the molecule is COCCNC(=O)Cn1nc2c(c1NC(=O)COc1ccccc1C)CSC2. The number of hydrogen-bond acceptors (Lipinski definition) is 6. The molecule has 1 aliphatic rings. The third kappa shape index (κ3) is 5.05. The molecule has 0 bridgehead atoms. The topological polar surface area (TPSA) is 94.5 Å². The third-order valence-corrected chi connectivity index (χ3v) is 5.22. The lowest BCUT2D eigenvalue weighted by Gasteiger charge is -2.12. The number of thioether (sulfide) groups is 1. The smallest absolute Gasteiger partial charge is 0.263 e. The summed E-state index contributed by atoms with van der Waals surface area (Å²) < 4.78 is 12.1. The van der Waals surface area contributed by atoms with Gasteiger partial charge in [-0.25, -0.2) is 4.68 Å². The number of anilines is 1. The van der Waals surface area contributed by atoms with Gasteiger partial charge in [-0.1, -0.05) is 18.2 Å². The molecule has 1 aromatic heterocycles. The Hall–Kier alpha value is -2.52. The van der Waals surface area contributed by atoms with E-state index in [0.717, 1.165) is 28.3 Å². The first kappa shape index (κ1) is 20.2. The molecule has 0 fully saturated rings. The summed E-state index contributed by atoms with van der Waals surface area (Å²) in [4.78, 5) is 24.6. The summed E-state index contributed by atoms with van der Waals surface area (Å²) in [5.41, 5.74) is 2.84. The van der Waals surface area contributed by atoms with Gasteiger partial charge in [0, 0.05) is 30.7 Å². The van der Waals surface area contributed by atoms with Crippen LogP contribution < -0.4 is 15.4 Å². The van der Waals surface area contributed by atoms with Crippen molar-refractivity contribution in [2.24, 2.45) is 0 Å². The van der Waals surface area contributed by atoms with Crippen LogP contribution >= 0.6 is 11.8 Å². The first-order chi connectivity index (χ1) is 13.6. The van der Waals surface area contributed by atoms with Crippen LogP contribution in [0.25, 0.3) is 0 Å². The second-order valence-corrected chi connectivity index (χ2v) is 7.36. The van der Waals surface area contributed by atoms with Gasteiger partial charge in [0.05, 0.1) is 12.3 Å². The number of fused-ring (bicyclic) bond motifs is 1. The number of rotatable bonds is 9. The average Bonchev–Trinajstić information content (AvgIpc) is 3.24.